The zero-order valence-corrected chi connectivity index (χ0v) is 22.3. The standard InChI is InChI=1S/C26H27Cl2N7O2/c1-34-10-12-35(13-11-34)17-6-4-16(5-7-17)30-21-9-8-18-26(33-21)29-15-22(31-18)32-25-23(27)19(36-2)14-20(37-3)24(25)28/h4-9,14-15H,10-13H2,1-3H3,(H,31,32)(H,29,30,33). The number of halogens is 2. The molecule has 3 heterocycles. The summed E-state index contributed by atoms with van der Waals surface area (Å²) in [5.74, 6) is 1.98. The number of anilines is 5. The number of nitrogens with one attached hydrogen (secondary N) is 2. The summed E-state index contributed by atoms with van der Waals surface area (Å²) in [6.45, 7) is 4.23. The maximum Gasteiger partial charge on any atom is 0.180 e. The minimum absolute atomic E-state index is 0.312. The number of aromatic nitrogens is 3. The first-order chi connectivity index (χ1) is 17.9. The van der Waals surface area contributed by atoms with Gasteiger partial charge in [-0.25, -0.2) is 15.0 Å². The van der Waals surface area contributed by atoms with Gasteiger partial charge in [-0.2, -0.15) is 0 Å². The van der Waals surface area contributed by atoms with E-state index in [1.165, 1.54) is 19.9 Å². The minimum Gasteiger partial charge on any atom is -0.495 e. The van der Waals surface area contributed by atoms with Gasteiger partial charge in [-0.05, 0) is 43.4 Å². The van der Waals surface area contributed by atoms with Crippen molar-refractivity contribution in [1.82, 2.24) is 19.9 Å². The van der Waals surface area contributed by atoms with Crippen molar-refractivity contribution in [3.05, 3.63) is 58.7 Å². The Labute approximate surface area is 225 Å². The lowest BCUT2D eigenvalue weighted by molar-refractivity contribution is 0.313. The molecule has 1 saturated heterocycles. The van der Waals surface area contributed by atoms with Crippen LogP contribution in [-0.2, 0) is 0 Å². The van der Waals surface area contributed by atoms with Crippen LogP contribution in [0.4, 0.5) is 28.7 Å². The summed E-state index contributed by atoms with van der Waals surface area (Å²) in [5.41, 5.74) is 3.71. The Bertz CT molecular complexity index is 1380. The van der Waals surface area contributed by atoms with E-state index in [2.05, 4.69) is 66.7 Å². The highest BCUT2D eigenvalue weighted by atomic mass is 35.5. The summed E-state index contributed by atoms with van der Waals surface area (Å²) in [6, 6.07) is 13.7. The quantitative estimate of drug-likeness (QED) is 0.312. The second-order valence-electron chi connectivity index (χ2n) is 8.67. The van der Waals surface area contributed by atoms with Gasteiger partial charge in [0.25, 0.3) is 0 Å². The van der Waals surface area contributed by atoms with Crippen LogP contribution in [0, 0.1) is 0 Å². The molecule has 0 saturated carbocycles. The van der Waals surface area contributed by atoms with Gasteiger partial charge in [0.05, 0.1) is 26.1 Å². The van der Waals surface area contributed by atoms with E-state index in [1.807, 2.05) is 12.1 Å². The number of benzene rings is 2. The molecule has 4 aromatic rings. The van der Waals surface area contributed by atoms with Crippen LogP contribution in [0.1, 0.15) is 0 Å². The molecule has 0 aliphatic carbocycles. The zero-order valence-electron chi connectivity index (χ0n) is 20.8. The summed E-state index contributed by atoms with van der Waals surface area (Å²) < 4.78 is 10.7. The molecule has 0 unspecified atom stereocenters. The number of methoxy groups -OCH3 is 2. The van der Waals surface area contributed by atoms with Crippen molar-refractivity contribution in [2.75, 3.05) is 63.0 Å². The summed E-state index contributed by atoms with van der Waals surface area (Å²) >= 11 is 12.9. The summed E-state index contributed by atoms with van der Waals surface area (Å²) in [4.78, 5) is 18.4. The Balaban J connectivity index is 1.32. The normalized spacial score (nSPS) is 14.0. The summed E-state index contributed by atoms with van der Waals surface area (Å²) in [5, 5.41) is 7.09. The number of hydrogen-bond donors (Lipinski definition) is 2. The zero-order chi connectivity index (χ0) is 25.9. The number of likely N-dealkylation sites (N-methyl/N-ethyl adjacent to an activating group) is 1. The Kier molecular flexibility index (Phi) is 7.36. The molecule has 2 aromatic carbocycles. The Morgan fingerprint density at radius 3 is 2.14 bits per heavy atom. The maximum absolute atomic E-state index is 6.47. The van der Waals surface area contributed by atoms with E-state index in [1.54, 1.807) is 12.3 Å². The largest absolute Gasteiger partial charge is 0.495 e. The van der Waals surface area contributed by atoms with E-state index in [-0.39, 0.29) is 0 Å². The third-order valence-electron chi connectivity index (χ3n) is 6.24. The average Bonchev–Trinajstić information content (AvgIpc) is 2.92. The molecular weight excluding hydrogens is 513 g/mol. The van der Waals surface area contributed by atoms with Gasteiger partial charge in [0.15, 0.2) is 5.65 Å². The molecule has 1 fully saturated rings. The lowest BCUT2D eigenvalue weighted by Gasteiger charge is -2.34. The number of piperazine rings is 1. The summed E-state index contributed by atoms with van der Waals surface area (Å²) in [7, 11) is 5.20. The van der Waals surface area contributed by atoms with Gasteiger partial charge in [0, 0.05) is 43.6 Å². The van der Waals surface area contributed by atoms with E-state index in [4.69, 9.17) is 32.7 Å². The lowest BCUT2D eigenvalue weighted by atomic mass is 10.2. The van der Waals surface area contributed by atoms with Gasteiger partial charge in [0.1, 0.15) is 38.7 Å². The van der Waals surface area contributed by atoms with Gasteiger partial charge in [-0.15, -0.1) is 0 Å². The Morgan fingerprint density at radius 1 is 0.811 bits per heavy atom. The van der Waals surface area contributed by atoms with Crippen LogP contribution in [0.25, 0.3) is 11.2 Å². The fourth-order valence-electron chi connectivity index (χ4n) is 4.13. The van der Waals surface area contributed by atoms with Crippen molar-refractivity contribution < 1.29 is 9.47 Å². The Hall–Kier alpha value is -3.53. The number of fused-ring (bicyclic) bond motifs is 1. The van der Waals surface area contributed by atoms with E-state index < -0.39 is 0 Å². The van der Waals surface area contributed by atoms with Crippen LogP contribution < -0.4 is 25.0 Å². The summed E-state index contributed by atoms with van der Waals surface area (Å²) in [6.07, 6.45) is 1.57. The van der Waals surface area contributed by atoms with E-state index >= 15 is 0 Å². The van der Waals surface area contributed by atoms with Crippen LogP contribution in [-0.4, -0.2) is 67.3 Å². The minimum atomic E-state index is 0.312. The van der Waals surface area contributed by atoms with Crippen LogP contribution in [0.15, 0.2) is 48.7 Å². The van der Waals surface area contributed by atoms with Crippen LogP contribution in [0.3, 0.4) is 0 Å². The Morgan fingerprint density at radius 2 is 1.49 bits per heavy atom. The number of ether oxygens (including phenoxy) is 2. The van der Waals surface area contributed by atoms with Crippen molar-refractivity contribution in [2.45, 2.75) is 0 Å². The SMILES string of the molecule is COc1cc(OC)c(Cl)c(Nc2cnc3nc(Nc4ccc(N5CCN(C)CC5)cc4)ccc3n2)c1Cl. The van der Waals surface area contributed by atoms with Gasteiger partial charge in [-0.1, -0.05) is 23.2 Å². The molecule has 0 spiro atoms. The third kappa shape index (κ3) is 5.44. The smallest absolute Gasteiger partial charge is 0.180 e. The monoisotopic (exact) mass is 539 g/mol. The molecule has 192 valence electrons. The van der Waals surface area contributed by atoms with E-state index in [9.17, 15) is 0 Å². The van der Waals surface area contributed by atoms with Gasteiger partial charge < -0.3 is 29.9 Å². The highest BCUT2D eigenvalue weighted by Crippen LogP contribution is 2.45. The molecule has 1 aliphatic heterocycles. The molecule has 37 heavy (non-hydrogen) atoms. The predicted octanol–water partition coefficient (Wildman–Crippen LogP) is 5.59. The molecule has 2 N–H and O–H groups in total. The molecule has 0 amide bonds. The van der Waals surface area contributed by atoms with Crippen molar-refractivity contribution in [2.24, 2.45) is 0 Å². The topological polar surface area (TPSA) is 87.7 Å². The lowest BCUT2D eigenvalue weighted by Crippen LogP contribution is -2.44. The van der Waals surface area contributed by atoms with Crippen LogP contribution in [0.2, 0.25) is 10.0 Å². The highest BCUT2D eigenvalue weighted by Gasteiger charge is 2.18. The highest BCUT2D eigenvalue weighted by molar-refractivity contribution is 6.41. The first-order valence-corrected chi connectivity index (χ1v) is 12.5. The van der Waals surface area contributed by atoms with Crippen LogP contribution >= 0.6 is 23.2 Å². The average molecular weight is 540 g/mol. The van der Waals surface area contributed by atoms with Gasteiger partial charge in [-0.3, -0.25) is 0 Å². The second-order valence-corrected chi connectivity index (χ2v) is 9.42. The second kappa shape index (κ2) is 10.8. The van der Waals surface area contributed by atoms with E-state index in [0.29, 0.717) is 50.0 Å². The molecule has 1 aliphatic rings. The number of nitrogens with zero attached hydrogens (tertiary/aromatic N) is 5. The fraction of sp³-hybridized carbons (Fsp3) is 0.269. The van der Waals surface area contributed by atoms with Gasteiger partial charge in [0.2, 0.25) is 0 Å². The van der Waals surface area contributed by atoms with Crippen molar-refractivity contribution >= 4 is 63.1 Å². The third-order valence-corrected chi connectivity index (χ3v) is 6.99. The molecule has 0 atom stereocenters. The van der Waals surface area contributed by atoms with E-state index in [0.717, 1.165) is 31.9 Å². The first kappa shape index (κ1) is 25.1. The molecule has 0 bridgehead atoms. The van der Waals surface area contributed by atoms with Crippen LogP contribution in [0.5, 0.6) is 11.5 Å². The van der Waals surface area contributed by atoms with Gasteiger partial charge >= 0.3 is 0 Å². The molecule has 0 radical (unpaired) electrons. The van der Waals surface area contributed by atoms with Crippen molar-refractivity contribution in [3.63, 3.8) is 0 Å². The molecule has 9 nitrogen and oxygen atoms in total. The number of pyridine rings is 1. The van der Waals surface area contributed by atoms with Crippen molar-refractivity contribution in [1.29, 1.82) is 0 Å². The number of hydrogen-bond acceptors (Lipinski definition) is 9. The molecule has 5 rings (SSSR count). The van der Waals surface area contributed by atoms with Crippen molar-refractivity contribution in [3.8, 4) is 11.5 Å². The maximum atomic E-state index is 6.47. The molecule has 11 heteroatoms. The molecular formula is C26H27Cl2N7O2. The first-order valence-electron chi connectivity index (χ1n) is 11.8. The predicted molar refractivity (Wildman–Crippen MR) is 150 cm³/mol. The fourth-order valence-corrected chi connectivity index (χ4v) is 4.72. The molecule has 2 aromatic heterocycles. The number of rotatable bonds is 7.